The zero-order valence-corrected chi connectivity index (χ0v) is 11.6. The van der Waals surface area contributed by atoms with Crippen molar-refractivity contribution in [2.75, 3.05) is 5.73 Å². The Morgan fingerprint density at radius 2 is 1.83 bits per heavy atom. The second-order valence-corrected chi connectivity index (χ2v) is 4.84. The Balaban J connectivity index is 2.61. The van der Waals surface area contributed by atoms with Crippen LogP contribution in [0.2, 0.25) is 0 Å². The summed E-state index contributed by atoms with van der Waals surface area (Å²) in [7, 11) is 1.99. The molecule has 96 valence electrons. The van der Waals surface area contributed by atoms with Crippen LogP contribution in [0.4, 0.5) is 5.82 Å². The van der Waals surface area contributed by atoms with Gasteiger partial charge < -0.3 is 10.3 Å². The minimum absolute atomic E-state index is 0.760. The molecule has 0 unspecified atom stereocenters. The van der Waals surface area contributed by atoms with Crippen LogP contribution in [0.15, 0.2) is 18.2 Å². The molecule has 0 saturated carbocycles. The molecule has 2 N–H and O–H groups in total. The zero-order valence-electron chi connectivity index (χ0n) is 11.6. The van der Waals surface area contributed by atoms with Gasteiger partial charge in [-0.25, -0.2) is 4.98 Å². The van der Waals surface area contributed by atoms with E-state index in [1.807, 2.05) is 11.6 Å². The smallest absolute Gasteiger partial charge is 0.131 e. The van der Waals surface area contributed by atoms with E-state index in [4.69, 9.17) is 10.7 Å². The molecule has 0 aliphatic rings. The number of anilines is 1. The summed E-state index contributed by atoms with van der Waals surface area (Å²) in [6.07, 6.45) is 2.04. The van der Waals surface area contributed by atoms with Gasteiger partial charge in [0.05, 0.1) is 0 Å². The van der Waals surface area contributed by atoms with E-state index in [1.54, 1.807) is 0 Å². The van der Waals surface area contributed by atoms with Gasteiger partial charge in [0.2, 0.25) is 0 Å². The molecule has 1 heterocycles. The fraction of sp³-hybridized carbons (Fsp3) is 0.400. The van der Waals surface area contributed by atoms with Crippen molar-refractivity contribution in [3.05, 3.63) is 35.2 Å². The number of nitrogen functional groups attached to an aromatic ring is 1. The van der Waals surface area contributed by atoms with Gasteiger partial charge in [0.15, 0.2) is 0 Å². The Labute approximate surface area is 109 Å². The van der Waals surface area contributed by atoms with Gasteiger partial charge >= 0.3 is 0 Å². The first-order valence-electron chi connectivity index (χ1n) is 6.43. The lowest BCUT2D eigenvalue weighted by Crippen LogP contribution is -2.01. The Morgan fingerprint density at radius 3 is 2.39 bits per heavy atom. The topological polar surface area (TPSA) is 43.8 Å². The van der Waals surface area contributed by atoms with E-state index in [0.717, 1.165) is 30.2 Å². The quantitative estimate of drug-likeness (QED) is 0.899. The molecule has 1 aromatic carbocycles. The molecule has 0 saturated heterocycles. The van der Waals surface area contributed by atoms with Crippen molar-refractivity contribution in [1.82, 2.24) is 9.55 Å². The molecular formula is C15H21N3. The molecule has 0 amide bonds. The lowest BCUT2D eigenvalue weighted by atomic mass is 10.0. The van der Waals surface area contributed by atoms with Gasteiger partial charge in [0.25, 0.3) is 0 Å². The van der Waals surface area contributed by atoms with Crippen LogP contribution in [0.1, 0.15) is 30.3 Å². The minimum Gasteiger partial charge on any atom is -0.383 e. The first kappa shape index (κ1) is 12.7. The van der Waals surface area contributed by atoms with Gasteiger partial charge in [-0.1, -0.05) is 25.1 Å². The molecule has 3 nitrogen and oxygen atoms in total. The van der Waals surface area contributed by atoms with Crippen LogP contribution in [0, 0.1) is 13.8 Å². The molecule has 0 spiro atoms. The largest absolute Gasteiger partial charge is 0.383 e. The number of aryl methyl sites for hydroxylation is 3. The minimum atomic E-state index is 0.760. The molecule has 18 heavy (non-hydrogen) atoms. The van der Waals surface area contributed by atoms with E-state index < -0.39 is 0 Å². The molecule has 1 aromatic heterocycles. The molecule has 3 heteroatoms. The summed E-state index contributed by atoms with van der Waals surface area (Å²) in [6.45, 7) is 6.37. The van der Waals surface area contributed by atoms with Crippen molar-refractivity contribution in [3.63, 3.8) is 0 Å². The maximum absolute atomic E-state index is 6.20. The van der Waals surface area contributed by atoms with Crippen molar-refractivity contribution < 1.29 is 0 Å². The molecule has 0 radical (unpaired) electrons. The number of rotatable bonds is 3. The van der Waals surface area contributed by atoms with Gasteiger partial charge in [-0.2, -0.15) is 0 Å². The summed E-state index contributed by atoms with van der Waals surface area (Å²) in [6, 6.07) is 6.28. The normalized spacial score (nSPS) is 10.9. The standard InChI is InChI=1S/C15H21N3/c1-5-7-12-17-14(15(16)18(12)4)13-10(2)8-6-9-11(13)3/h6,8-9H,5,7,16H2,1-4H3. The van der Waals surface area contributed by atoms with E-state index >= 15 is 0 Å². The van der Waals surface area contributed by atoms with Gasteiger partial charge in [-0.3, -0.25) is 0 Å². The number of nitrogens with zero attached hydrogens (tertiary/aromatic N) is 2. The van der Waals surface area contributed by atoms with Crippen LogP contribution in [0.25, 0.3) is 11.3 Å². The predicted molar refractivity (Wildman–Crippen MR) is 76.5 cm³/mol. The van der Waals surface area contributed by atoms with Crippen molar-refractivity contribution in [2.24, 2.45) is 7.05 Å². The number of hydrogen-bond acceptors (Lipinski definition) is 2. The van der Waals surface area contributed by atoms with Crippen molar-refractivity contribution in [3.8, 4) is 11.3 Å². The number of aromatic nitrogens is 2. The van der Waals surface area contributed by atoms with Crippen molar-refractivity contribution >= 4 is 5.82 Å². The van der Waals surface area contributed by atoms with E-state index in [-0.39, 0.29) is 0 Å². The third-order valence-corrected chi connectivity index (χ3v) is 3.42. The third kappa shape index (κ3) is 2.01. The number of hydrogen-bond donors (Lipinski definition) is 1. The number of imidazole rings is 1. The van der Waals surface area contributed by atoms with E-state index in [2.05, 4.69) is 39.0 Å². The highest BCUT2D eigenvalue weighted by Crippen LogP contribution is 2.31. The SMILES string of the molecule is CCCc1nc(-c2c(C)cccc2C)c(N)n1C. The van der Waals surface area contributed by atoms with E-state index in [1.165, 1.54) is 16.7 Å². The van der Waals surface area contributed by atoms with Crippen LogP contribution in [-0.4, -0.2) is 9.55 Å². The third-order valence-electron chi connectivity index (χ3n) is 3.42. The summed E-state index contributed by atoms with van der Waals surface area (Å²) in [4.78, 5) is 4.73. The van der Waals surface area contributed by atoms with Crippen LogP contribution in [0.3, 0.4) is 0 Å². The average Bonchev–Trinajstić information content (AvgIpc) is 2.59. The van der Waals surface area contributed by atoms with E-state index in [9.17, 15) is 0 Å². The fourth-order valence-electron chi connectivity index (χ4n) is 2.38. The Kier molecular flexibility index (Phi) is 3.41. The van der Waals surface area contributed by atoms with Crippen molar-refractivity contribution in [2.45, 2.75) is 33.6 Å². The van der Waals surface area contributed by atoms with Gasteiger partial charge in [-0.05, 0) is 31.4 Å². The number of nitrogens with two attached hydrogens (primary N) is 1. The zero-order chi connectivity index (χ0) is 13.3. The van der Waals surface area contributed by atoms with E-state index in [0.29, 0.717) is 0 Å². The second-order valence-electron chi connectivity index (χ2n) is 4.84. The lowest BCUT2D eigenvalue weighted by Gasteiger charge is -2.08. The second kappa shape index (κ2) is 4.84. The summed E-state index contributed by atoms with van der Waals surface area (Å²) in [5.41, 5.74) is 10.8. The number of benzene rings is 1. The summed E-state index contributed by atoms with van der Waals surface area (Å²) in [5, 5.41) is 0. The molecule has 2 aromatic rings. The molecule has 0 atom stereocenters. The predicted octanol–water partition coefficient (Wildman–Crippen LogP) is 3.24. The maximum Gasteiger partial charge on any atom is 0.131 e. The van der Waals surface area contributed by atoms with Crippen LogP contribution < -0.4 is 5.73 Å². The summed E-state index contributed by atoms with van der Waals surface area (Å²) >= 11 is 0. The van der Waals surface area contributed by atoms with Crippen LogP contribution >= 0.6 is 0 Å². The first-order chi connectivity index (χ1) is 8.56. The van der Waals surface area contributed by atoms with Gasteiger partial charge in [-0.15, -0.1) is 0 Å². The first-order valence-corrected chi connectivity index (χ1v) is 6.43. The highest BCUT2D eigenvalue weighted by Gasteiger charge is 2.16. The van der Waals surface area contributed by atoms with Crippen LogP contribution in [0.5, 0.6) is 0 Å². The molecule has 0 fully saturated rings. The molecule has 0 aliphatic heterocycles. The average molecular weight is 243 g/mol. The Morgan fingerprint density at radius 1 is 1.22 bits per heavy atom. The maximum atomic E-state index is 6.20. The Bertz CT molecular complexity index is 547. The Hall–Kier alpha value is -1.77. The van der Waals surface area contributed by atoms with Gasteiger partial charge in [0.1, 0.15) is 17.3 Å². The molecule has 2 rings (SSSR count). The molecule has 0 bridgehead atoms. The molecule has 0 aliphatic carbocycles. The highest BCUT2D eigenvalue weighted by molar-refractivity contribution is 5.76. The summed E-state index contributed by atoms with van der Waals surface area (Å²) < 4.78 is 2.00. The van der Waals surface area contributed by atoms with Gasteiger partial charge in [0, 0.05) is 19.0 Å². The van der Waals surface area contributed by atoms with Crippen molar-refractivity contribution in [1.29, 1.82) is 0 Å². The lowest BCUT2D eigenvalue weighted by molar-refractivity contribution is 0.764. The highest BCUT2D eigenvalue weighted by atomic mass is 15.1. The fourth-order valence-corrected chi connectivity index (χ4v) is 2.38. The summed E-state index contributed by atoms with van der Waals surface area (Å²) in [5.74, 6) is 1.82. The monoisotopic (exact) mass is 243 g/mol. The van der Waals surface area contributed by atoms with Crippen LogP contribution in [-0.2, 0) is 13.5 Å². The molecular weight excluding hydrogens is 222 g/mol.